The van der Waals surface area contributed by atoms with Gasteiger partial charge in [0.05, 0.1) is 22.2 Å². The van der Waals surface area contributed by atoms with Crippen molar-refractivity contribution >= 4 is 22.4 Å². The number of rotatable bonds is 4. The van der Waals surface area contributed by atoms with Crippen molar-refractivity contribution in [3.05, 3.63) is 50.9 Å². The van der Waals surface area contributed by atoms with E-state index >= 15 is 0 Å². The van der Waals surface area contributed by atoms with Crippen molar-refractivity contribution in [3.8, 4) is 0 Å². The molecular formula is C13H12N2O5. The first-order valence-corrected chi connectivity index (χ1v) is 5.90. The maximum Gasteiger partial charge on any atom is 0.302 e. The van der Waals surface area contributed by atoms with Gasteiger partial charge in [0, 0.05) is 19.2 Å². The fraction of sp³-hybridized carbons (Fsp3) is 0.231. The first-order chi connectivity index (χ1) is 9.50. The number of nitrogens with zero attached hydrogens (tertiary/aromatic N) is 2. The van der Waals surface area contributed by atoms with Crippen LogP contribution in [0.1, 0.15) is 6.92 Å². The number of esters is 1. The minimum Gasteiger partial charge on any atom is -0.464 e. The van der Waals surface area contributed by atoms with Gasteiger partial charge in [-0.25, -0.2) is 0 Å². The molecule has 0 saturated heterocycles. The number of benzene rings is 1. The van der Waals surface area contributed by atoms with Crippen LogP contribution in [0.3, 0.4) is 0 Å². The molecule has 0 radical (unpaired) electrons. The molecule has 1 aromatic heterocycles. The van der Waals surface area contributed by atoms with Crippen LogP contribution in [0.25, 0.3) is 10.8 Å². The molecule has 1 heterocycles. The Balaban J connectivity index is 2.42. The van der Waals surface area contributed by atoms with Gasteiger partial charge in [0.15, 0.2) is 0 Å². The van der Waals surface area contributed by atoms with Gasteiger partial charge < -0.3 is 9.30 Å². The lowest BCUT2D eigenvalue weighted by Crippen LogP contribution is -2.22. The summed E-state index contributed by atoms with van der Waals surface area (Å²) in [6.07, 6.45) is 1.46. The normalized spacial score (nSPS) is 10.4. The molecule has 0 saturated carbocycles. The first kappa shape index (κ1) is 13.7. The maximum absolute atomic E-state index is 12.2. The third kappa shape index (κ3) is 2.66. The smallest absolute Gasteiger partial charge is 0.302 e. The Morgan fingerprint density at radius 3 is 2.75 bits per heavy atom. The average Bonchev–Trinajstić information content (AvgIpc) is 2.40. The number of non-ortho nitro benzene ring substituents is 1. The second-order valence-electron chi connectivity index (χ2n) is 4.15. The van der Waals surface area contributed by atoms with Gasteiger partial charge in [-0.1, -0.05) is 6.07 Å². The van der Waals surface area contributed by atoms with Crippen LogP contribution in [0.5, 0.6) is 0 Å². The maximum atomic E-state index is 12.2. The van der Waals surface area contributed by atoms with Crippen molar-refractivity contribution in [3.63, 3.8) is 0 Å². The Hall–Kier alpha value is -2.70. The molecule has 0 spiro atoms. The molecule has 0 aliphatic rings. The second-order valence-corrected chi connectivity index (χ2v) is 4.15. The zero-order chi connectivity index (χ0) is 14.7. The molecule has 0 amide bonds. The van der Waals surface area contributed by atoms with Crippen LogP contribution in [0, 0.1) is 10.1 Å². The van der Waals surface area contributed by atoms with Gasteiger partial charge in [0.25, 0.3) is 11.2 Å². The number of fused-ring (bicyclic) bond motifs is 1. The van der Waals surface area contributed by atoms with Crippen molar-refractivity contribution in [1.82, 2.24) is 4.57 Å². The van der Waals surface area contributed by atoms with Gasteiger partial charge in [0.1, 0.15) is 6.61 Å². The van der Waals surface area contributed by atoms with Crippen molar-refractivity contribution in [2.45, 2.75) is 13.5 Å². The zero-order valence-corrected chi connectivity index (χ0v) is 10.7. The number of hydrogen-bond donors (Lipinski definition) is 0. The number of carbonyl (C=O) groups excluding carboxylic acids is 1. The van der Waals surface area contributed by atoms with Crippen LogP contribution in [0.15, 0.2) is 35.3 Å². The summed E-state index contributed by atoms with van der Waals surface area (Å²) in [4.78, 5) is 33.2. The number of aromatic nitrogens is 1. The Bertz CT molecular complexity index is 735. The number of nitro groups is 1. The quantitative estimate of drug-likeness (QED) is 0.479. The molecule has 20 heavy (non-hydrogen) atoms. The minimum absolute atomic E-state index is 0.0790. The van der Waals surface area contributed by atoms with Crippen LogP contribution in [0.4, 0.5) is 5.69 Å². The van der Waals surface area contributed by atoms with E-state index in [0.717, 1.165) is 0 Å². The van der Waals surface area contributed by atoms with E-state index < -0.39 is 10.9 Å². The molecule has 0 aliphatic heterocycles. The summed E-state index contributed by atoms with van der Waals surface area (Å²) in [5.41, 5.74) is -0.454. The van der Waals surface area contributed by atoms with E-state index in [4.69, 9.17) is 4.74 Å². The summed E-state index contributed by atoms with van der Waals surface area (Å²) in [5, 5.41) is 11.5. The molecule has 1 aromatic carbocycles. The van der Waals surface area contributed by atoms with Gasteiger partial charge in [-0.2, -0.15) is 0 Å². The van der Waals surface area contributed by atoms with E-state index in [0.29, 0.717) is 5.39 Å². The Morgan fingerprint density at radius 1 is 1.35 bits per heavy atom. The number of carbonyl (C=O) groups is 1. The second kappa shape index (κ2) is 5.52. The van der Waals surface area contributed by atoms with Crippen LogP contribution in [-0.4, -0.2) is 22.1 Å². The van der Waals surface area contributed by atoms with E-state index in [9.17, 15) is 19.7 Å². The molecule has 0 fully saturated rings. The summed E-state index contributed by atoms with van der Waals surface area (Å²) in [7, 11) is 0. The number of ether oxygens (including phenoxy) is 1. The third-order valence-corrected chi connectivity index (χ3v) is 2.83. The standard InChI is InChI=1S/C13H12N2O5/c1-9(16)20-8-7-14-6-5-10-11(13(14)17)3-2-4-12(10)15(18)19/h2-6H,7-8H2,1H3. The summed E-state index contributed by atoms with van der Waals surface area (Å²) in [5.74, 6) is -0.422. The Labute approximate surface area is 113 Å². The van der Waals surface area contributed by atoms with Gasteiger partial charge in [-0.3, -0.25) is 19.7 Å². The molecule has 0 bridgehead atoms. The summed E-state index contributed by atoms with van der Waals surface area (Å²) >= 11 is 0. The molecule has 0 unspecified atom stereocenters. The predicted molar refractivity (Wildman–Crippen MR) is 71.5 cm³/mol. The van der Waals surface area contributed by atoms with Crippen molar-refractivity contribution in [2.75, 3.05) is 6.61 Å². The van der Waals surface area contributed by atoms with E-state index in [1.54, 1.807) is 0 Å². The van der Waals surface area contributed by atoms with E-state index in [-0.39, 0.29) is 29.8 Å². The fourth-order valence-corrected chi connectivity index (χ4v) is 1.92. The van der Waals surface area contributed by atoms with Crippen LogP contribution < -0.4 is 5.56 Å². The largest absolute Gasteiger partial charge is 0.464 e. The zero-order valence-electron chi connectivity index (χ0n) is 10.7. The van der Waals surface area contributed by atoms with Crippen molar-refractivity contribution < 1.29 is 14.5 Å². The number of pyridine rings is 1. The molecule has 104 valence electrons. The molecular weight excluding hydrogens is 264 g/mol. The monoisotopic (exact) mass is 276 g/mol. The number of nitro benzene ring substituents is 1. The van der Waals surface area contributed by atoms with Gasteiger partial charge in [0.2, 0.25) is 0 Å². The van der Waals surface area contributed by atoms with Gasteiger partial charge >= 0.3 is 5.97 Å². The van der Waals surface area contributed by atoms with Crippen LogP contribution >= 0.6 is 0 Å². The molecule has 0 N–H and O–H groups in total. The number of hydrogen-bond acceptors (Lipinski definition) is 5. The van der Waals surface area contributed by atoms with E-state index in [1.165, 1.54) is 42.0 Å². The topological polar surface area (TPSA) is 91.4 Å². The van der Waals surface area contributed by atoms with Gasteiger partial charge in [-0.05, 0) is 12.1 Å². The van der Waals surface area contributed by atoms with Crippen LogP contribution in [-0.2, 0) is 16.1 Å². The van der Waals surface area contributed by atoms with Crippen molar-refractivity contribution in [1.29, 1.82) is 0 Å². The summed E-state index contributed by atoms with van der Waals surface area (Å²) < 4.78 is 6.12. The molecule has 2 rings (SSSR count). The van der Waals surface area contributed by atoms with Gasteiger partial charge in [-0.15, -0.1) is 0 Å². The lowest BCUT2D eigenvalue weighted by atomic mass is 10.1. The Kier molecular flexibility index (Phi) is 3.79. The summed E-state index contributed by atoms with van der Waals surface area (Å²) in [6, 6.07) is 5.87. The van der Waals surface area contributed by atoms with Crippen LogP contribution in [0.2, 0.25) is 0 Å². The highest BCUT2D eigenvalue weighted by molar-refractivity contribution is 5.89. The highest BCUT2D eigenvalue weighted by Crippen LogP contribution is 2.22. The van der Waals surface area contributed by atoms with E-state index in [2.05, 4.69) is 0 Å². The SMILES string of the molecule is CC(=O)OCCn1ccc2c([N+](=O)[O-])cccc2c1=O. The fourth-order valence-electron chi connectivity index (χ4n) is 1.92. The molecule has 0 atom stereocenters. The molecule has 7 heteroatoms. The lowest BCUT2D eigenvalue weighted by molar-refractivity contribution is -0.383. The van der Waals surface area contributed by atoms with Crippen molar-refractivity contribution in [2.24, 2.45) is 0 Å². The van der Waals surface area contributed by atoms with E-state index in [1.807, 2.05) is 0 Å². The molecule has 0 aliphatic carbocycles. The molecule has 2 aromatic rings. The first-order valence-electron chi connectivity index (χ1n) is 5.90. The third-order valence-electron chi connectivity index (χ3n) is 2.83. The predicted octanol–water partition coefficient (Wildman–Crippen LogP) is 1.47. The minimum atomic E-state index is -0.523. The Morgan fingerprint density at radius 2 is 2.10 bits per heavy atom. The highest BCUT2D eigenvalue weighted by atomic mass is 16.6. The summed E-state index contributed by atoms with van der Waals surface area (Å²) in [6.45, 7) is 1.57. The lowest BCUT2D eigenvalue weighted by Gasteiger charge is -2.07. The average molecular weight is 276 g/mol. The highest BCUT2D eigenvalue weighted by Gasteiger charge is 2.13. The molecule has 7 nitrogen and oxygen atoms in total.